The van der Waals surface area contributed by atoms with E-state index in [0.717, 1.165) is 30.5 Å². The first-order valence-corrected chi connectivity index (χ1v) is 8.41. The Morgan fingerprint density at radius 1 is 1.26 bits per heavy atom. The van der Waals surface area contributed by atoms with E-state index in [1.165, 1.54) is 32.1 Å². The predicted octanol–water partition coefficient (Wildman–Crippen LogP) is 2.31. The Morgan fingerprint density at radius 2 is 2.11 bits per heavy atom. The standard InChI is InChI=1S/C14H22N4S/c1-19-13-9-12(16-11-17-13)18-8-7-15-10-14(18)5-3-2-4-6-14/h9,11,15H,2-8,10H2,1H3. The lowest BCUT2D eigenvalue weighted by molar-refractivity contribution is 0.239. The molecule has 2 heterocycles. The highest BCUT2D eigenvalue weighted by molar-refractivity contribution is 7.98. The minimum atomic E-state index is 0.292. The van der Waals surface area contributed by atoms with E-state index >= 15 is 0 Å². The van der Waals surface area contributed by atoms with Crippen molar-refractivity contribution < 1.29 is 0 Å². The number of hydrogen-bond acceptors (Lipinski definition) is 5. The molecule has 0 amide bonds. The normalized spacial score (nSPS) is 22.7. The van der Waals surface area contributed by atoms with Gasteiger partial charge in [-0.1, -0.05) is 19.3 Å². The van der Waals surface area contributed by atoms with Crippen molar-refractivity contribution in [3.63, 3.8) is 0 Å². The maximum absolute atomic E-state index is 4.53. The zero-order valence-corrected chi connectivity index (χ0v) is 12.4. The van der Waals surface area contributed by atoms with Crippen molar-refractivity contribution in [2.45, 2.75) is 42.7 Å². The topological polar surface area (TPSA) is 41.0 Å². The molecule has 0 radical (unpaired) electrons. The first-order chi connectivity index (χ1) is 9.34. The number of hydrogen-bond donors (Lipinski definition) is 1. The molecule has 1 saturated heterocycles. The number of rotatable bonds is 2. The third kappa shape index (κ3) is 2.58. The van der Waals surface area contributed by atoms with Crippen LogP contribution in [0.1, 0.15) is 32.1 Å². The Hall–Kier alpha value is -0.810. The number of thioether (sulfide) groups is 1. The number of aromatic nitrogens is 2. The van der Waals surface area contributed by atoms with Gasteiger partial charge < -0.3 is 10.2 Å². The van der Waals surface area contributed by atoms with E-state index in [2.05, 4.69) is 32.5 Å². The first-order valence-electron chi connectivity index (χ1n) is 7.18. The molecular formula is C14H22N4S. The Morgan fingerprint density at radius 3 is 2.89 bits per heavy atom. The van der Waals surface area contributed by atoms with Crippen LogP contribution in [0.4, 0.5) is 5.82 Å². The van der Waals surface area contributed by atoms with Crippen molar-refractivity contribution in [3.05, 3.63) is 12.4 Å². The van der Waals surface area contributed by atoms with Crippen molar-refractivity contribution in [2.24, 2.45) is 0 Å². The summed E-state index contributed by atoms with van der Waals surface area (Å²) in [5.74, 6) is 1.11. The quantitative estimate of drug-likeness (QED) is 0.664. The molecule has 4 nitrogen and oxygen atoms in total. The molecule has 5 heteroatoms. The highest BCUT2D eigenvalue weighted by atomic mass is 32.2. The summed E-state index contributed by atoms with van der Waals surface area (Å²) >= 11 is 1.69. The van der Waals surface area contributed by atoms with Gasteiger partial charge in [-0.15, -0.1) is 11.8 Å². The van der Waals surface area contributed by atoms with Crippen LogP contribution >= 0.6 is 11.8 Å². The fraction of sp³-hybridized carbons (Fsp3) is 0.714. The molecule has 0 atom stereocenters. The summed E-state index contributed by atoms with van der Waals surface area (Å²) in [4.78, 5) is 11.4. The molecule has 1 saturated carbocycles. The summed E-state index contributed by atoms with van der Waals surface area (Å²) in [6.45, 7) is 3.22. The number of nitrogens with one attached hydrogen (secondary N) is 1. The zero-order valence-electron chi connectivity index (χ0n) is 11.6. The highest BCUT2D eigenvalue weighted by Gasteiger charge is 2.40. The molecule has 1 spiro atoms. The molecule has 1 aromatic heterocycles. The summed E-state index contributed by atoms with van der Waals surface area (Å²) < 4.78 is 0. The summed E-state index contributed by atoms with van der Waals surface area (Å²) in [6.07, 6.45) is 10.4. The predicted molar refractivity (Wildman–Crippen MR) is 79.8 cm³/mol. The van der Waals surface area contributed by atoms with E-state index in [-0.39, 0.29) is 0 Å². The second kappa shape index (κ2) is 5.67. The summed E-state index contributed by atoms with van der Waals surface area (Å²) in [6, 6.07) is 2.15. The largest absolute Gasteiger partial charge is 0.348 e. The third-order valence-corrected chi connectivity index (χ3v) is 5.08. The molecule has 1 aliphatic heterocycles. The van der Waals surface area contributed by atoms with Gasteiger partial charge in [0.1, 0.15) is 17.2 Å². The number of piperazine rings is 1. The highest BCUT2D eigenvalue weighted by Crippen LogP contribution is 2.37. The van der Waals surface area contributed by atoms with E-state index in [0.29, 0.717) is 5.54 Å². The van der Waals surface area contributed by atoms with Gasteiger partial charge in [-0.3, -0.25) is 0 Å². The lowest BCUT2D eigenvalue weighted by Gasteiger charge is -2.50. The van der Waals surface area contributed by atoms with E-state index in [4.69, 9.17) is 0 Å². The molecule has 0 aromatic carbocycles. The van der Waals surface area contributed by atoms with Gasteiger partial charge in [0.05, 0.1) is 5.54 Å². The summed E-state index contributed by atoms with van der Waals surface area (Å²) in [5, 5.41) is 4.65. The Balaban J connectivity index is 1.90. The van der Waals surface area contributed by atoms with E-state index in [1.807, 2.05) is 0 Å². The smallest absolute Gasteiger partial charge is 0.133 e. The van der Waals surface area contributed by atoms with Crippen LogP contribution in [0.2, 0.25) is 0 Å². The monoisotopic (exact) mass is 278 g/mol. The van der Waals surface area contributed by atoms with Crippen molar-refractivity contribution in [1.82, 2.24) is 15.3 Å². The minimum Gasteiger partial charge on any atom is -0.348 e. The lowest BCUT2D eigenvalue weighted by Crippen LogP contribution is -2.62. The molecule has 2 fully saturated rings. The molecule has 1 aromatic rings. The fourth-order valence-corrected chi connectivity index (χ4v) is 3.82. The van der Waals surface area contributed by atoms with Crippen molar-refractivity contribution in [3.8, 4) is 0 Å². The van der Waals surface area contributed by atoms with Gasteiger partial charge in [0, 0.05) is 25.7 Å². The fourth-order valence-electron chi connectivity index (χ4n) is 3.45. The number of anilines is 1. The van der Waals surface area contributed by atoms with Crippen LogP contribution < -0.4 is 10.2 Å². The second-order valence-corrected chi connectivity index (χ2v) is 6.36. The molecular weight excluding hydrogens is 256 g/mol. The molecule has 19 heavy (non-hydrogen) atoms. The van der Waals surface area contributed by atoms with Gasteiger partial charge in [0.2, 0.25) is 0 Å². The summed E-state index contributed by atoms with van der Waals surface area (Å²) in [7, 11) is 0. The van der Waals surface area contributed by atoms with Gasteiger partial charge in [0.15, 0.2) is 0 Å². The number of nitrogens with zero attached hydrogens (tertiary/aromatic N) is 3. The maximum atomic E-state index is 4.53. The van der Waals surface area contributed by atoms with Crippen LogP contribution in [-0.4, -0.2) is 41.4 Å². The van der Waals surface area contributed by atoms with Crippen LogP contribution in [0.3, 0.4) is 0 Å². The zero-order chi connectivity index (χ0) is 13.1. The molecule has 0 bridgehead atoms. The molecule has 0 unspecified atom stereocenters. The molecule has 2 aliphatic rings. The van der Waals surface area contributed by atoms with Crippen LogP contribution in [-0.2, 0) is 0 Å². The lowest BCUT2D eigenvalue weighted by atomic mass is 9.79. The Bertz CT molecular complexity index is 423. The van der Waals surface area contributed by atoms with Crippen LogP contribution in [0.25, 0.3) is 0 Å². The first kappa shape index (κ1) is 13.2. The van der Waals surface area contributed by atoms with Gasteiger partial charge in [0.25, 0.3) is 0 Å². The van der Waals surface area contributed by atoms with Gasteiger partial charge in [-0.2, -0.15) is 0 Å². The van der Waals surface area contributed by atoms with E-state index in [1.54, 1.807) is 18.1 Å². The van der Waals surface area contributed by atoms with Gasteiger partial charge in [-0.05, 0) is 19.1 Å². The molecule has 1 N–H and O–H groups in total. The van der Waals surface area contributed by atoms with Gasteiger partial charge in [-0.25, -0.2) is 9.97 Å². The van der Waals surface area contributed by atoms with Crippen molar-refractivity contribution in [2.75, 3.05) is 30.8 Å². The van der Waals surface area contributed by atoms with Crippen LogP contribution in [0, 0.1) is 0 Å². The average molecular weight is 278 g/mol. The van der Waals surface area contributed by atoms with Crippen molar-refractivity contribution in [1.29, 1.82) is 0 Å². The second-order valence-electron chi connectivity index (χ2n) is 5.53. The Kier molecular flexibility index (Phi) is 3.93. The van der Waals surface area contributed by atoms with Crippen molar-refractivity contribution >= 4 is 17.6 Å². The molecule has 104 valence electrons. The Labute approximate surface area is 119 Å². The van der Waals surface area contributed by atoms with E-state index in [9.17, 15) is 0 Å². The third-order valence-electron chi connectivity index (χ3n) is 4.44. The molecule has 3 rings (SSSR count). The van der Waals surface area contributed by atoms with Crippen LogP contribution in [0.5, 0.6) is 0 Å². The molecule has 1 aliphatic carbocycles. The average Bonchev–Trinajstić information content (AvgIpc) is 2.49. The van der Waals surface area contributed by atoms with E-state index < -0.39 is 0 Å². The van der Waals surface area contributed by atoms with Crippen LogP contribution in [0.15, 0.2) is 17.4 Å². The summed E-state index contributed by atoms with van der Waals surface area (Å²) in [5.41, 5.74) is 0.292. The maximum Gasteiger partial charge on any atom is 0.133 e. The SMILES string of the molecule is CSc1cc(N2CCNCC23CCCCC3)ncn1. The minimum absolute atomic E-state index is 0.292. The van der Waals surface area contributed by atoms with Gasteiger partial charge >= 0.3 is 0 Å².